The van der Waals surface area contributed by atoms with Crippen LogP contribution in [0.3, 0.4) is 0 Å². The Morgan fingerprint density at radius 2 is 1.25 bits per heavy atom. The van der Waals surface area contributed by atoms with Crippen LogP contribution in [-0.2, 0) is 23.1 Å². The van der Waals surface area contributed by atoms with E-state index in [0.717, 1.165) is 22.4 Å². The van der Waals surface area contributed by atoms with Gasteiger partial charge >= 0.3 is 0 Å². The van der Waals surface area contributed by atoms with E-state index in [9.17, 15) is 4.79 Å². The van der Waals surface area contributed by atoms with Crippen molar-refractivity contribution in [2.75, 3.05) is 4.90 Å². The number of nitrogens with zero attached hydrogens (tertiary/aromatic N) is 4. The first-order valence-corrected chi connectivity index (χ1v) is 9.91. The number of benzene rings is 1. The standard InChI is InChI=1S/C25H20N4O.2ClH/c30-24-25(17-19-8-13-26-14-9-19,18-20-10-15-27-16-11-20)22-7-4-12-28-23(22)29(24)21-5-2-1-3-6-21;;/h1-16H,17-18H2;2*1H. The third kappa shape index (κ3) is 4.09. The summed E-state index contributed by atoms with van der Waals surface area (Å²) in [6.07, 6.45) is 9.97. The van der Waals surface area contributed by atoms with Gasteiger partial charge in [0.25, 0.3) is 0 Å². The van der Waals surface area contributed by atoms with Crippen molar-refractivity contribution >= 4 is 42.2 Å². The number of pyridine rings is 3. The van der Waals surface area contributed by atoms with Crippen LogP contribution in [0.2, 0.25) is 0 Å². The van der Waals surface area contributed by atoms with E-state index in [4.69, 9.17) is 0 Å². The van der Waals surface area contributed by atoms with E-state index < -0.39 is 5.41 Å². The fourth-order valence-electron chi connectivity index (χ4n) is 4.29. The summed E-state index contributed by atoms with van der Waals surface area (Å²) in [6.45, 7) is 0. The summed E-state index contributed by atoms with van der Waals surface area (Å²) in [5.41, 5.74) is 3.15. The van der Waals surface area contributed by atoms with E-state index in [2.05, 4.69) is 15.0 Å². The molecule has 32 heavy (non-hydrogen) atoms. The highest BCUT2D eigenvalue weighted by atomic mass is 35.5. The van der Waals surface area contributed by atoms with Gasteiger partial charge in [0, 0.05) is 36.5 Å². The molecule has 0 unspecified atom stereocenters. The van der Waals surface area contributed by atoms with Crippen molar-refractivity contribution < 1.29 is 4.79 Å². The number of amides is 1. The van der Waals surface area contributed by atoms with Gasteiger partial charge in [0.1, 0.15) is 5.82 Å². The van der Waals surface area contributed by atoms with Crippen molar-refractivity contribution in [1.82, 2.24) is 15.0 Å². The van der Waals surface area contributed by atoms with Crippen LogP contribution in [0.15, 0.2) is 97.7 Å². The first kappa shape index (κ1) is 23.4. The number of para-hydroxylation sites is 1. The van der Waals surface area contributed by atoms with Gasteiger partial charge in [-0.1, -0.05) is 24.3 Å². The third-order valence-corrected chi connectivity index (χ3v) is 5.65. The van der Waals surface area contributed by atoms with Crippen molar-refractivity contribution in [3.63, 3.8) is 0 Å². The maximum atomic E-state index is 14.1. The minimum absolute atomic E-state index is 0. The van der Waals surface area contributed by atoms with Crippen LogP contribution in [0.1, 0.15) is 16.7 Å². The minimum atomic E-state index is -0.762. The predicted octanol–water partition coefficient (Wildman–Crippen LogP) is 5.12. The van der Waals surface area contributed by atoms with Gasteiger partial charge < -0.3 is 0 Å². The van der Waals surface area contributed by atoms with Crippen LogP contribution in [-0.4, -0.2) is 20.9 Å². The molecule has 1 aliphatic rings. The summed E-state index contributed by atoms with van der Waals surface area (Å²) in [5.74, 6) is 0.743. The first-order chi connectivity index (χ1) is 14.8. The van der Waals surface area contributed by atoms with Gasteiger partial charge in [-0.3, -0.25) is 19.7 Å². The van der Waals surface area contributed by atoms with E-state index in [-0.39, 0.29) is 30.7 Å². The lowest BCUT2D eigenvalue weighted by Gasteiger charge is -2.29. The molecule has 3 aromatic heterocycles. The molecule has 0 saturated heterocycles. The molecule has 0 radical (unpaired) electrons. The zero-order chi connectivity index (χ0) is 20.4. The maximum absolute atomic E-state index is 14.1. The van der Waals surface area contributed by atoms with E-state index >= 15 is 0 Å². The molecule has 0 saturated carbocycles. The first-order valence-electron chi connectivity index (χ1n) is 9.91. The van der Waals surface area contributed by atoms with Crippen LogP contribution in [0.25, 0.3) is 0 Å². The number of anilines is 2. The summed E-state index contributed by atoms with van der Waals surface area (Å²) in [4.78, 5) is 28.8. The van der Waals surface area contributed by atoms with Gasteiger partial charge in [0.2, 0.25) is 5.91 Å². The van der Waals surface area contributed by atoms with E-state index in [0.29, 0.717) is 18.7 Å². The lowest BCUT2D eigenvalue weighted by molar-refractivity contribution is -0.122. The molecule has 1 aliphatic heterocycles. The summed E-state index contributed by atoms with van der Waals surface area (Å²) in [6, 6.07) is 21.6. The summed E-state index contributed by atoms with van der Waals surface area (Å²) in [5, 5.41) is 0. The van der Waals surface area contributed by atoms with Crippen LogP contribution in [0.5, 0.6) is 0 Å². The molecule has 4 aromatic rings. The minimum Gasteiger partial charge on any atom is -0.273 e. The smallest absolute Gasteiger partial charge is 0.244 e. The summed E-state index contributed by atoms with van der Waals surface area (Å²) in [7, 11) is 0. The van der Waals surface area contributed by atoms with Crippen molar-refractivity contribution in [2.45, 2.75) is 18.3 Å². The number of rotatable bonds is 5. The number of fused-ring (bicyclic) bond motifs is 1. The molecule has 162 valence electrons. The molecular formula is C25H22Cl2N4O. The second-order valence-corrected chi connectivity index (χ2v) is 7.50. The third-order valence-electron chi connectivity index (χ3n) is 5.65. The molecule has 0 atom stereocenters. The Kier molecular flexibility index (Phi) is 7.23. The number of hydrogen-bond acceptors (Lipinski definition) is 4. The largest absolute Gasteiger partial charge is 0.273 e. The summed E-state index contributed by atoms with van der Waals surface area (Å²) >= 11 is 0. The van der Waals surface area contributed by atoms with Crippen LogP contribution in [0.4, 0.5) is 11.5 Å². The number of halogens is 2. The molecule has 1 aromatic carbocycles. The number of hydrogen-bond donors (Lipinski definition) is 0. The van der Waals surface area contributed by atoms with Gasteiger partial charge in [0.15, 0.2) is 0 Å². The fraction of sp³-hybridized carbons (Fsp3) is 0.120. The Hall–Kier alpha value is -3.28. The highest BCUT2D eigenvalue weighted by Crippen LogP contribution is 2.47. The van der Waals surface area contributed by atoms with Gasteiger partial charge in [-0.05, 0) is 66.4 Å². The zero-order valence-electron chi connectivity index (χ0n) is 17.2. The molecule has 5 nitrogen and oxygen atoms in total. The van der Waals surface area contributed by atoms with Crippen LogP contribution >= 0.6 is 24.8 Å². The topological polar surface area (TPSA) is 59.0 Å². The van der Waals surface area contributed by atoms with Gasteiger partial charge in [-0.15, -0.1) is 24.8 Å². The van der Waals surface area contributed by atoms with Crippen molar-refractivity contribution in [2.24, 2.45) is 0 Å². The maximum Gasteiger partial charge on any atom is 0.244 e. The van der Waals surface area contributed by atoms with Gasteiger partial charge in [-0.25, -0.2) is 4.98 Å². The molecule has 0 aliphatic carbocycles. The van der Waals surface area contributed by atoms with E-state index in [1.54, 1.807) is 35.9 Å². The quantitative estimate of drug-likeness (QED) is 0.411. The molecule has 0 spiro atoms. The highest BCUT2D eigenvalue weighted by Gasteiger charge is 2.52. The van der Waals surface area contributed by atoms with Crippen LogP contribution < -0.4 is 4.90 Å². The van der Waals surface area contributed by atoms with Crippen molar-refractivity contribution in [3.05, 3.63) is 114 Å². The monoisotopic (exact) mass is 464 g/mol. The average molecular weight is 465 g/mol. The molecule has 0 N–H and O–H groups in total. The Morgan fingerprint density at radius 3 is 1.81 bits per heavy atom. The Morgan fingerprint density at radius 1 is 0.688 bits per heavy atom. The predicted molar refractivity (Wildman–Crippen MR) is 130 cm³/mol. The fourth-order valence-corrected chi connectivity index (χ4v) is 4.29. The van der Waals surface area contributed by atoms with E-state index in [1.807, 2.05) is 66.7 Å². The highest BCUT2D eigenvalue weighted by molar-refractivity contribution is 6.12. The molecule has 0 bridgehead atoms. The SMILES string of the molecule is Cl.Cl.O=C1N(c2ccccc2)c2ncccc2C1(Cc1ccncc1)Cc1ccncc1. The van der Waals surface area contributed by atoms with E-state index in [1.165, 1.54) is 0 Å². The lowest BCUT2D eigenvalue weighted by Crippen LogP contribution is -2.42. The number of aromatic nitrogens is 3. The molecule has 7 heteroatoms. The number of carbonyl (C=O) groups excluding carboxylic acids is 1. The molecule has 4 heterocycles. The van der Waals surface area contributed by atoms with Crippen LogP contribution in [0, 0.1) is 0 Å². The Balaban J connectivity index is 0.00000144. The average Bonchev–Trinajstić information content (AvgIpc) is 3.04. The second kappa shape index (κ2) is 9.90. The second-order valence-electron chi connectivity index (χ2n) is 7.50. The van der Waals surface area contributed by atoms with Crippen molar-refractivity contribution in [3.8, 4) is 0 Å². The lowest BCUT2D eigenvalue weighted by atomic mass is 9.72. The molecule has 1 amide bonds. The summed E-state index contributed by atoms with van der Waals surface area (Å²) < 4.78 is 0. The molecule has 0 fully saturated rings. The molecule has 5 rings (SSSR count). The van der Waals surface area contributed by atoms with Crippen molar-refractivity contribution in [1.29, 1.82) is 0 Å². The molecular weight excluding hydrogens is 443 g/mol. The zero-order valence-corrected chi connectivity index (χ0v) is 18.8. The Labute approximate surface area is 199 Å². The number of carbonyl (C=O) groups is 1. The van der Waals surface area contributed by atoms with Gasteiger partial charge in [0.05, 0.1) is 11.1 Å². The normalized spacial score (nSPS) is 13.6. The Bertz CT molecular complexity index is 1130. The van der Waals surface area contributed by atoms with Gasteiger partial charge in [-0.2, -0.15) is 0 Å².